The summed E-state index contributed by atoms with van der Waals surface area (Å²) in [4.78, 5) is 42.2. The molecular weight excluding hydrogens is 328 g/mol. The van der Waals surface area contributed by atoms with Gasteiger partial charge in [0.25, 0.3) is 0 Å². The minimum Gasteiger partial charge on any atom is -0.447 e. The van der Waals surface area contributed by atoms with E-state index in [4.69, 9.17) is 14.5 Å². The molecule has 0 spiro atoms. The van der Waals surface area contributed by atoms with Crippen molar-refractivity contribution < 1.29 is 33.9 Å². The topological polar surface area (TPSA) is 80.3 Å². The Hall–Kier alpha value is -2.28. The molecule has 0 N–H and O–H groups in total. The number of carbonyl (C=O) groups excluding carboxylic acids is 2. The van der Waals surface area contributed by atoms with Gasteiger partial charge >= 0.3 is 18.2 Å². The predicted molar refractivity (Wildman–Crippen MR) is 87.2 cm³/mol. The van der Waals surface area contributed by atoms with E-state index >= 15 is 0 Å². The fourth-order valence-corrected chi connectivity index (χ4v) is 2.61. The lowest BCUT2D eigenvalue weighted by Gasteiger charge is -2.23. The molecule has 1 aliphatic rings. The van der Waals surface area contributed by atoms with Gasteiger partial charge in [-0.25, -0.2) is 19.4 Å². The Morgan fingerprint density at radius 3 is 2.52 bits per heavy atom. The Morgan fingerprint density at radius 2 is 1.84 bits per heavy atom. The first-order valence-corrected chi connectivity index (χ1v) is 8.25. The first kappa shape index (κ1) is 19.1. The van der Waals surface area contributed by atoms with Crippen LogP contribution in [0.3, 0.4) is 0 Å². The third-order valence-electron chi connectivity index (χ3n) is 3.52. The van der Waals surface area contributed by atoms with Crippen LogP contribution in [0.5, 0.6) is 11.5 Å². The maximum Gasteiger partial charge on any atom is 0.427 e. The molecule has 0 bridgehead atoms. The van der Waals surface area contributed by atoms with E-state index in [2.05, 4.69) is 37.5 Å². The molecule has 7 nitrogen and oxygen atoms in total. The van der Waals surface area contributed by atoms with Crippen LogP contribution in [0.1, 0.15) is 47.0 Å². The Kier molecular flexibility index (Phi) is 6.25. The number of rotatable bonds is 5. The van der Waals surface area contributed by atoms with Crippen molar-refractivity contribution in [1.29, 1.82) is 0 Å². The summed E-state index contributed by atoms with van der Waals surface area (Å²) in [6.45, 7) is 8.51. The second kappa shape index (κ2) is 8.20. The second-order valence-electron chi connectivity index (χ2n) is 7.34. The molecule has 0 saturated heterocycles. The van der Waals surface area contributed by atoms with Crippen molar-refractivity contribution >= 4 is 11.9 Å². The monoisotopic (exact) mass is 352 g/mol. The van der Waals surface area contributed by atoms with Gasteiger partial charge in [-0.15, -0.1) is 4.89 Å². The largest absolute Gasteiger partial charge is 0.447 e. The second-order valence-corrected chi connectivity index (χ2v) is 7.34. The number of benzene rings is 1. The van der Waals surface area contributed by atoms with E-state index in [9.17, 15) is 9.59 Å². The molecule has 0 saturated carbocycles. The number of carbonyl (C=O) groups is 2. The van der Waals surface area contributed by atoms with Crippen molar-refractivity contribution in [1.82, 2.24) is 0 Å². The third-order valence-corrected chi connectivity index (χ3v) is 3.52. The zero-order chi connectivity index (χ0) is 18.4. The van der Waals surface area contributed by atoms with Crippen LogP contribution >= 0.6 is 0 Å². The van der Waals surface area contributed by atoms with E-state index in [1.807, 2.05) is 0 Å². The van der Waals surface area contributed by atoms with E-state index in [0.29, 0.717) is 23.8 Å². The molecule has 2 atom stereocenters. The molecule has 2 unspecified atom stereocenters. The highest BCUT2D eigenvalue weighted by molar-refractivity contribution is 5.75. The minimum absolute atomic E-state index is 0.163. The van der Waals surface area contributed by atoms with Gasteiger partial charge in [0.1, 0.15) is 0 Å². The standard InChI is InChI=1S/C18H24O7/c1-12(11-18(2,3)4)9-10-15(19)23-24-16(20)17-21-13-7-5-6-8-14(13)22-25-17/h5-8,12,17H,9-11H2,1-4H3. The summed E-state index contributed by atoms with van der Waals surface area (Å²) in [6.07, 6.45) is 0.347. The van der Waals surface area contributed by atoms with Gasteiger partial charge in [0.15, 0.2) is 5.75 Å². The summed E-state index contributed by atoms with van der Waals surface area (Å²) in [6, 6.07) is 6.68. The molecule has 25 heavy (non-hydrogen) atoms. The van der Waals surface area contributed by atoms with Crippen LogP contribution in [0, 0.1) is 11.3 Å². The third kappa shape index (κ3) is 6.26. The quantitative estimate of drug-likeness (QED) is 0.592. The summed E-state index contributed by atoms with van der Waals surface area (Å²) < 4.78 is 5.27. The maximum absolute atomic E-state index is 11.8. The molecule has 0 aromatic heterocycles. The lowest BCUT2D eigenvalue weighted by Crippen LogP contribution is -2.36. The first-order chi connectivity index (χ1) is 11.7. The normalized spacial score (nSPS) is 17.5. The van der Waals surface area contributed by atoms with E-state index in [1.54, 1.807) is 24.3 Å². The molecule has 7 heteroatoms. The van der Waals surface area contributed by atoms with Crippen LogP contribution in [0.2, 0.25) is 0 Å². The summed E-state index contributed by atoms with van der Waals surface area (Å²) in [5, 5.41) is 0. The molecule has 138 valence electrons. The number of fused-ring (bicyclic) bond motifs is 1. The fraction of sp³-hybridized carbons (Fsp3) is 0.556. The molecule has 1 aromatic rings. The van der Waals surface area contributed by atoms with Crippen molar-refractivity contribution in [2.75, 3.05) is 0 Å². The van der Waals surface area contributed by atoms with Gasteiger partial charge in [-0.1, -0.05) is 39.8 Å². The average molecular weight is 352 g/mol. The average Bonchev–Trinajstić information content (AvgIpc) is 2.56. The fourth-order valence-electron chi connectivity index (χ4n) is 2.61. The Bertz CT molecular complexity index is 606. The van der Waals surface area contributed by atoms with Gasteiger partial charge in [-0.3, -0.25) is 0 Å². The smallest absolute Gasteiger partial charge is 0.427 e. The van der Waals surface area contributed by atoms with Gasteiger partial charge in [0.2, 0.25) is 5.75 Å². The van der Waals surface area contributed by atoms with E-state index in [-0.39, 0.29) is 11.8 Å². The van der Waals surface area contributed by atoms with Crippen molar-refractivity contribution in [3.63, 3.8) is 0 Å². The Morgan fingerprint density at radius 1 is 1.16 bits per heavy atom. The molecule has 1 heterocycles. The molecule has 2 rings (SSSR count). The van der Waals surface area contributed by atoms with Crippen molar-refractivity contribution in [2.24, 2.45) is 11.3 Å². The van der Waals surface area contributed by atoms with Crippen LogP contribution < -0.4 is 9.62 Å². The van der Waals surface area contributed by atoms with Crippen LogP contribution in [0.4, 0.5) is 0 Å². The summed E-state index contributed by atoms with van der Waals surface area (Å²) in [5.41, 5.74) is 0.196. The van der Waals surface area contributed by atoms with Crippen molar-refractivity contribution in [3.8, 4) is 11.5 Å². The van der Waals surface area contributed by atoms with Crippen LogP contribution in [0.25, 0.3) is 0 Å². The molecule has 0 amide bonds. The van der Waals surface area contributed by atoms with Gasteiger partial charge in [0.05, 0.1) is 6.42 Å². The minimum atomic E-state index is -1.46. The Labute approximate surface area is 147 Å². The highest BCUT2D eigenvalue weighted by Gasteiger charge is 2.32. The zero-order valence-corrected chi connectivity index (χ0v) is 14.9. The van der Waals surface area contributed by atoms with Crippen LogP contribution in [-0.4, -0.2) is 18.2 Å². The first-order valence-electron chi connectivity index (χ1n) is 8.25. The number of hydrogen-bond acceptors (Lipinski definition) is 7. The number of hydrogen-bond donors (Lipinski definition) is 0. The van der Waals surface area contributed by atoms with Crippen molar-refractivity contribution in [3.05, 3.63) is 24.3 Å². The molecular formula is C18H24O7. The van der Waals surface area contributed by atoms with Crippen LogP contribution in [0.15, 0.2) is 24.3 Å². The zero-order valence-electron chi connectivity index (χ0n) is 14.9. The van der Waals surface area contributed by atoms with E-state index in [1.165, 1.54) is 0 Å². The summed E-state index contributed by atoms with van der Waals surface area (Å²) in [5.74, 6) is -0.593. The number of ether oxygens (including phenoxy) is 1. The SMILES string of the molecule is CC(CCC(=O)OOC(=O)C1OOc2ccccc2O1)CC(C)(C)C. The molecule has 1 aliphatic heterocycles. The van der Waals surface area contributed by atoms with Gasteiger partial charge in [-0.05, 0) is 36.3 Å². The molecule has 0 aliphatic carbocycles. The highest BCUT2D eigenvalue weighted by Crippen LogP contribution is 2.31. The van der Waals surface area contributed by atoms with Gasteiger partial charge in [0, 0.05) is 0 Å². The van der Waals surface area contributed by atoms with E-state index < -0.39 is 18.2 Å². The lowest BCUT2D eigenvalue weighted by atomic mass is 9.84. The maximum atomic E-state index is 11.8. The molecule has 0 fully saturated rings. The van der Waals surface area contributed by atoms with Gasteiger partial charge in [-0.2, -0.15) is 0 Å². The van der Waals surface area contributed by atoms with Crippen molar-refractivity contribution in [2.45, 2.75) is 53.2 Å². The molecule has 0 radical (unpaired) electrons. The van der Waals surface area contributed by atoms with E-state index in [0.717, 1.165) is 6.42 Å². The summed E-state index contributed by atoms with van der Waals surface area (Å²) in [7, 11) is 0. The molecule has 1 aromatic carbocycles. The van der Waals surface area contributed by atoms with Gasteiger partial charge < -0.3 is 9.62 Å². The highest BCUT2D eigenvalue weighted by atomic mass is 17.3. The lowest BCUT2D eigenvalue weighted by molar-refractivity contribution is -0.330. The van der Waals surface area contributed by atoms with Crippen LogP contribution in [-0.2, 0) is 24.3 Å². The predicted octanol–water partition coefficient (Wildman–Crippen LogP) is 3.57. The summed E-state index contributed by atoms with van der Waals surface area (Å²) >= 11 is 0. The number of para-hydroxylation sites is 2. The Balaban J connectivity index is 1.71.